The van der Waals surface area contributed by atoms with Gasteiger partial charge in [0.15, 0.2) is 0 Å². The van der Waals surface area contributed by atoms with Crippen molar-refractivity contribution in [2.24, 2.45) is 5.73 Å². The fraction of sp³-hybridized carbons (Fsp3) is 0.571. The Balaban J connectivity index is 2.09. The topological polar surface area (TPSA) is 29.3 Å². The number of thioether (sulfide) groups is 1. The van der Waals surface area contributed by atoms with Gasteiger partial charge in [0.1, 0.15) is 0 Å². The first-order valence-corrected chi connectivity index (χ1v) is 7.57. The van der Waals surface area contributed by atoms with Gasteiger partial charge in [0.25, 0.3) is 0 Å². The molecule has 2 nitrogen and oxygen atoms in total. The van der Waals surface area contributed by atoms with Crippen molar-refractivity contribution < 1.29 is 0 Å². The number of anilines is 1. The Morgan fingerprint density at radius 1 is 1.18 bits per heavy atom. The Morgan fingerprint density at radius 3 is 2.41 bits per heavy atom. The van der Waals surface area contributed by atoms with Gasteiger partial charge >= 0.3 is 0 Å². The average molecular weight is 250 g/mol. The average Bonchev–Trinajstić information content (AvgIpc) is 2.39. The van der Waals surface area contributed by atoms with Crippen LogP contribution in [0.25, 0.3) is 0 Å². The molecule has 0 bridgehead atoms. The van der Waals surface area contributed by atoms with Gasteiger partial charge in [-0.05, 0) is 43.4 Å². The zero-order valence-electron chi connectivity index (χ0n) is 10.7. The summed E-state index contributed by atoms with van der Waals surface area (Å²) in [5, 5.41) is 0. The number of rotatable bonds is 3. The second-order valence-corrected chi connectivity index (χ2v) is 5.70. The van der Waals surface area contributed by atoms with E-state index < -0.39 is 0 Å². The second-order valence-electron chi connectivity index (χ2n) is 4.82. The molecule has 2 N–H and O–H groups in total. The molecule has 1 fully saturated rings. The number of hydrogen-bond donors (Lipinski definition) is 1. The molecule has 17 heavy (non-hydrogen) atoms. The molecule has 2 rings (SSSR count). The fourth-order valence-corrected chi connectivity index (χ4v) is 3.04. The largest absolute Gasteiger partial charge is 0.370 e. The monoisotopic (exact) mass is 250 g/mol. The molecule has 1 aromatic carbocycles. The third kappa shape index (κ3) is 2.96. The van der Waals surface area contributed by atoms with E-state index in [1.807, 2.05) is 0 Å². The molecule has 0 spiro atoms. The van der Waals surface area contributed by atoms with Crippen LogP contribution in [0.15, 0.2) is 29.2 Å². The van der Waals surface area contributed by atoms with E-state index in [4.69, 9.17) is 5.73 Å². The molecule has 0 amide bonds. The van der Waals surface area contributed by atoms with Crippen LogP contribution in [0.3, 0.4) is 0 Å². The quantitative estimate of drug-likeness (QED) is 0.836. The molecule has 94 valence electrons. The summed E-state index contributed by atoms with van der Waals surface area (Å²) in [7, 11) is 2.17. The van der Waals surface area contributed by atoms with Gasteiger partial charge < -0.3 is 10.6 Å². The van der Waals surface area contributed by atoms with Crippen molar-refractivity contribution in [3.63, 3.8) is 0 Å². The van der Waals surface area contributed by atoms with Crippen LogP contribution in [0.1, 0.15) is 25.7 Å². The molecule has 0 aliphatic heterocycles. The third-order valence-corrected chi connectivity index (χ3v) is 4.50. The van der Waals surface area contributed by atoms with Crippen LogP contribution in [-0.4, -0.2) is 25.4 Å². The minimum atomic E-state index is 0.328. The molecule has 3 heteroatoms. The van der Waals surface area contributed by atoms with Gasteiger partial charge in [0, 0.05) is 29.7 Å². The summed E-state index contributed by atoms with van der Waals surface area (Å²) in [6.45, 7) is 0. The van der Waals surface area contributed by atoms with Crippen molar-refractivity contribution >= 4 is 17.4 Å². The van der Waals surface area contributed by atoms with Gasteiger partial charge in [0.2, 0.25) is 0 Å². The molecule has 0 aromatic heterocycles. The lowest BCUT2D eigenvalue weighted by atomic mass is 9.90. The van der Waals surface area contributed by atoms with Gasteiger partial charge in [-0.25, -0.2) is 0 Å². The lowest BCUT2D eigenvalue weighted by Gasteiger charge is -2.37. The van der Waals surface area contributed by atoms with Gasteiger partial charge in [-0.15, -0.1) is 11.8 Å². The van der Waals surface area contributed by atoms with Gasteiger partial charge in [-0.3, -0.25) is 0 Å². The summed E-state index contributed by atoms with van der Waals surface area (Å²) in [4.78, 5) is 3.67. The first kappa shape index (κ1) is 12.8. The summed E-state index contributed by atoms with van der Waals surface area (Å²) in [5.74, 6) is 0. The number of benzene rings is 1. The standard InChI is InChI=1S/C14H22N2S/c1-16(14-6-4-3-5-13(14)15)11-7-9-12(17-2)10-8-11/h7-10,13-14H,3-6,15H2,1-2H3. The smallest absolute Gasteiger partial charge is 0.0437 e. The highest BCUT2D eigenvalue weighted by atomic mass is 32.2. The lowest BCUT2D eigenvalue weighted by molar-refractivity contribution is 0.373. The van der Waals surface area contributed by atoms with E-state index in [0.29, 0.717) is 12.1 Å². The number of hydrogen-bond acceptors (Lipinski definition) is 3. The Labute approximate surface area is 109 Å². The molecule has 0 heterocycles. The Morgan fingerprint density at radius 2 is 1.82 bits per heavy atom. The van der Waals surface area contributed by atoms with E-state index in [9.17, 15) is 0 Å². The molecule has 1 aliphatic rings. The van der Waals surface area contributed by atoms with Crippen LogP contribution >= 0.6 is 11.8 Å². The molecule has 0 radical (unpaired) electrons. The maximum atomic E-state index is 6.23. The summed E-state index contributed by atoms with van der Waals surface area (Å²) in [5.41, 5.74) is 7.51. The highest BCUT2D eigenvalue weighted by molar-refractivity contribution is 7.98. The lowest BCUT2D eigenvalue weighted by Crippen LogP contribution is -2.48. The third-order valence-electron chi connectivity index (χ3n) is 3.76. The number of nitrogens with two attached hydrogens (primary N) is 1. The first-order valence-electron chi connectivity index (χ1n) is 6.35. The minimum absolute atomic E-state index is 0.328. The van der Waals surface area contributed by atoms with Gasteiger partial charge in [0.05, 0.1) is 0 Å². The van der Waals surface area contributed by atoms with Crippen molar-refractivity contribution in [3.8, 4) is 0 Å². The van der Waals surface area contributed by atoms with Crippen molar-refractivity contribution in [3.05, 3.63) is 24.3 Å². The fourth-order valence-electron chi connectivity index (χ4n) is 2.63. The predicted molar refractivity (Wildman–Crippen MR) is 76.9 cm³/mol. The van der Waals surface area contributed by atoms with E-state index in [2.05, 4.69) is 42.5 Å². The highest BCUT2D eigenvalue weighted by Crippen LogP contribution is 2.27. The summed E-state index contributed by atoms with van der Waals surface area (Å²) in [6, 6.07) is 9.61. The number of nitrogens with zero attached hydrogens (tertiary/aromatic N) is 1. The molecule has 2 unspecified atom stereocenters. The van der Waals surface area contributed by atoms with Crippen LogP contribution in [0.4, 0.5) is 5.69 Å². The minimum Gasteiger partial charge on any atom is -0.370 e. The Bertz CT molecular complexity index is 350. The van der Waals surface area contributed by atoms with Crippen molar-refractivity contribution in [2.75, 3.05) is 18.2 Å². The van der Waals surface area contributed by atoms with E-state index in [0.717, 1.165) is 6.42 Å². The second kappa shape index (κ2) is 5.78. The van der Waals surface area contributed by atoms with Crippen LogP contribution in [0.5, 0.6) is 0 Å². The van der Waals surface area contributed by atoms with Gasteiger partial charge in [-0.1, -0.05) is 12.8 Å². The molecular formula is C14H22N2S. The first-order chi connectivity index (χ1) is 8.22. The van der Waals surface area contributed by atoms with E-state index in [-0.39, 0.29) is 0 Å². The SMILES string of the molecule is CSc1ccc(N(C)C2CCCCC2N)cc1. The highest BCUT2D eigenvalue weighted by Gasteiger charge is 2.25. The summed E-state index contributed by atoms with van der Waals surface area (Å²) >= 11 is 1.78. The number of likely N-dealkylation sites (N-methyl/N-ethyl adjacent to an activating group) is 1. The van der Waals surface area contributed by atoms with Gasteiger partial charge in [-0.2, -0.15) is 0 Å². The molecule has 0 saturated heterocycles. The van der Waals surface area contributed by atoms with Crippen LogP contribution in [-0.2, 0) is 0 Å². The molecule has 1 aliphatic carbocycles. The van der Waals surface area contributed by atoms with Crippen molar-refractivity contribution in [1.29, 1.82) is 0 Å². The normalized spacial score (nSPS) is 24.6. The van der Waals surface area contributed by atoms with Crippen molar-refractivity contribution in [2.45, 2.75) is 42.7 Å². The molecule has 2 atom stereocenters. The Hall–Kier alpha value is -0.670. The van der Waals surface area contributed by atoms with Crippen LogP contribution in [0, 0.1) is 0 Å². The van der Waals surface area contributed by atoms with E-state index in [1.54, 1.807) is 11.8 Å². The van der Waals surface area contributed by atoms with E-state index >= 15 is 0 Å². The summed E-state index contributed by atoms with van der Waals surface area (Å²) in [6.07, 6.45) is 7.10. The summed E-state index contributed by atoms with van der Waals surface area (Å²) < 4.78 is 0. The maximum Gasteiger partial charge on any atom is 0.0437 e. The van der Waals surface area contributed by atoms with Crippen molar-refractivity contribution in [1.82, 2.24) is 0 Å². The molecular weight excluding hydrogens is 228 g/mol. The van der Waals surface area contributed by atoms with Crippen LogP contribution in [0.2, 0.25) is 0 Å². The predicted octanol–water partition coefficient (Wildman–Crippen LogP) is 3.11. The Kier molecular flexibility index (Phi) is 4.35. The molecule has 1 saturated carbocycles. The van der Waals surface area contributed by atoms with E-state index in [1.165, 1.54) is 29.8 Å². The zero-order chi connectivity index (χ0) is 12.3. The maximum absolute atomic E-state index is 6.23. The molecule has 1 aromatic rings. The van der Waals surface area contributed by atoms with Crippen LogP contribution < -0.4 is 10.6 Å². The zero-order valence-corrected chi connectivity index (χ0v) is 11.5.